The summed E-state index contributed by atoms with van der Waals surface area (Å²) in [5.41, 5.74) is 0. The van der Waals surface area contributed by atoms with E-state index in [4.69, 9.17) is 0 Å². The fourth-order valence-corrected chi connectivity index (χ4v) is 4.28. The van der Waals surface area contributed by atoms with Crippen molar-refractivity contribution in [3.05, 3.63) is 6.20 Å². The zero-order valence-electron chi connectivity index (χ0n) is 12.2. The number of carbonyl (C=O) groups excluding carboxylic acids is 1. The van der Waals surface area contributed by atoms with Crippen molar-refractivity contribution < 1.29 is 13.2 Å². The van der Waals surface area contributed by atoms with Crippen LogP contribution in [0.15, 0.2) is 11.1 Å². The first-order valence-electron chi connectivity index (χ1n) is 7.21. The Kier molecular flexibility index (Phi) is 3.53. The highest BCUT2D eigenvalue weighted by molar-refractivity contribution is 7.89. The van der Waals surface area contributed by atoms with Crippen molar-refractivity contribution in [3.8, 4) is 0 Å². The summed E-state index contributed by atoms with van der Waals surface area (Å²) in [5.74, 6) is 0.276. The van der Waals surface area contributed by atoms with Gasteiger partial charge in [-0.2, -0.15) is 9.40 Å². The smallest absolute Gasteiger partial charge is 0.248 e. The molecule has 0 aromatic carbocycles. The monoisotopic (exact) mass is 312 g/mol. The molecule has 0 atom stereocenters. The average Bonchev–Trinajstić information content (AvgIpc) is 3.25. The molecule has 0 saturated heterocycles. The predicted molar refractivity (Wildman–Crippen MR) is 77.1 cm³/mol. The third-order valence-electron chi connectivity index (χ3n) is 3.77. The molecular formula is C13H20N4O3S. The number of anilines is 1. The number of nitrogens with zero attached hydrogens (tertiary/aromatic N) is 3. The van der Waals surface area contributed by atoms with Crippen molar-refractivity contribution in [3.63, 3.8) is 0 Å². The van der Waals surface area contributed by atoms with Gasteiger partial charge in [0.2, 0.25) is 15.9 Å². The summed E-state index contributed by atoms with van der Waals surface area (Å²) < 4.78 is 28.8. The number of aromatic nitrogens is 2. The zero-order chi connectivity index (χ0) is 15.2. The number of carbonyl (C=O) groups is 1. The molecule has 3 rings (SSSR count). The Morgan fingerprint density at radius 2 is 2.10 bits per heavy atom. The largest absolute Gasteiger partial charge is 0.308 e. The normalized spacial score (nSPS) is 19.0. The molecular weight excluding hydrogens is 292 g/mol. The molecule has 0 spiro atoms. The highest BCUT2D eigenvalue weighted by Crippen LogP contribution is 2.39. The van der Waals surface area contributed by atoms with Gasteiger partial charge >= 0.3 is 0 Å². The minimum absolute atomic E-state index is 0.0905. The highest BCUT2D eigenvalue weighted by atomic mass is 32.2. The van der Waals surface area contributed by atoms with Crippen LogP contribution in [-0.2, 0) is 21.9 Å². The Balaban J connectivity index is 1.93. The van der Waals surface area contributed by atoms with Crippen molar-refractivity contribution in [2.75, 3.05) is 11.9 Å². The molecule has 2 fully saturated rings. The molecule has 2 saturated carbocycles. The van der Waals surface area contributed by atoms with Crippen molar-refractivity contribution in [1.29, 1.82) is 0 Å². The molecule has 1 heterocycles. The maximum atomic E-state index is 12.9. The van der Waals surface area contributed by atoms with Crippen molar-refractivity contribution in [1.82, 2.24) is 14.1 Å². The molecule has 2 aliphatic rings. The van der Waals surface area contributed by atoms with Gasteiger partial charge in [-0.25, -0.2) is 8.42 Å². The molecule has 7 nitrogen and oxygen atoms in total. The van der Waals surface area contributed by atoms with Gasteiger partial charge in [-0.05, 0) is 31.6 Å². The van der Waals surface area contributed by atoms with E-state index >= 15 is 0 Å². The molecule has 1 amide bonds. The Morgan fingerprint density at radius 1 is 1.43 bits per heavy atom. The van der Waals surface area contributed by atoms with E-state index < -0.39 is 10.0 Å². The SMILES string of the molecule is CC(=O)Nc1nn(C)cc1S(=O)(=O)N(CC1CC1)C1CC1. The first-order chi connectivity index (χ1) is 9.88. The minimum Gasteiger partial charge on any atom is -0.308 e. The van der Waals surface area contributed by atoms with Crippen LogP contribution in [0.25, 0.3) is 0 Å². The number of rotatable bonds is 6. The van der Waals surface area contributed by atoms with E-state index in [-0.39, 0.29) is 22.7 Å². The number of hydrogen-bond acceptors (Lipinski definition) is 4. The van der Waals surface area contributed by atoms with Crippen molar-refractivity contribution in [2.45, 2.75) is 43.5 Å². The van der Waals surface area contributed by atoms with Crippen molar-refractivity contribution in [2.24, 2.45) is 13.0 Å². The maximum absolute atomic E-state index is 12.9. The van der Waals surface area contributed by atoms with Gasteiger partial charge in [0.25, 0.3) is 0 Å². The summed E-state index contributed by atoms with van der Waals surface area (Å²) in [4.78, 5) is 11.3. The first kappa shape index (κ1) is 14.5. The summed E-state index contributed by atoms with van der Waals surface area (Å²) in [5, 5.41) is 6.56. The summed E-state index contributed by atoms with van der Waals surface area (Å²) in [7, 11) is -1.97. The van der Waals surface area contributed by atoms with Crippen LogP contribution in [0.4, 0.5) is 5.82 Å². The van der Waals surface area contributed by atoms with Crippen LogP contribution in [0.5, 0.6) is 0 Å². The van der Waals surface area contributed by atoms with E-state index in [0.29, 0.717) is 12.5 Å². The topological polar surface area (TPSA) is 84.3 Å². The minimum atomic E-state index is -3.61. The number of hydrogen-bond donors (Lipinski definition) is 1. The zero-order valence-corrected chi connectivity index (χ0v) is 13.1. The lowest BCUT2D eigenvalue weighted by molar-refractivity contribution is -0.114. The lowest BCUT2D eigenvalue weighted by Crippen LogP contribution is -2.35. The molecule has 0 aliphatic heterocycles. The van der Waals surface area contributed by atoms with Crippen LogP contribution < -0.4 is 5.32 Å². The van der Waals surface area contributed by atoms with Crippen LogP contribution in [-0.4, -0.2) is 41.0 Å². The van der Waals surface area contributed by atoms with Gasteiger partial charge in [0, 0.05) is 32.8 Å². The third kappa shape index (κ3) is 3.11. The number of sulfonamides is 1. The second kappa shape index (κ2) is 5.10. The Hall–Kier alpha value is -1.41. The summed E-state index contributed by atoms with van der Waals surface area (Å²) >= 11 is 0. The van der Waals surface area contributed by atoms with E-state index in [1.165, 1.54) is 17.8 Å². The van der Waals surface area contributed by atoms with E-state index in [1.807, 2.05) is 0 Å². The lowest BCUT2D eigenvalue weighted by atomic mass is 10.4. The third-order valence-corrected chi connectivity index (χ3v) is 5.68. The molecule has 1 N–H and O–H groups in total. The molecule has 1 aromatic rings. The summed E-state index contributed by atoms with van der Waals surface area (Å²) in [6.07, 6.45) is 5.50. The van der Waals surface area contributed by atoms with Crippen LogP contribution in [0.3, 0.4) is 0 Å². The molecule has 2 aliphatic carbocycles. The Labute approximate surface area is 124 Å². The van der Waals surface area contributed by atoms with E-state index in [1.54, 1.807) is 11.4 Å². The van der Waals surface area contributed by atoms with Gasteiger partial charge in [-0.3, -0.25) is 9.48 Å². The van der Waals surface area contributed by atoms with E-state index in [0.717, 1.165) is 25.7 Å². The first-order valence-corrected chi connectivity index (χ1v) is 8.65. The van der Waals surface area contributed by atoms with E-state index in [2.05, 4.69) is 10.4 Å². The molecule has 0 unspecified atom stereocenters. The van der Waals surface area contributed by atoms with Crippen molar-refractivity contribution >= 4 is 21.7 Å². The van der Waals surface area contributed by atoms with Crippen LogP contribution >= 0.6 is 0 Å². The average molecular weight is 312 g/mol. The van der Waals surface area contributed by atoms with Gasteiger partial charge in [-0.15, -0.1) is 0 Å². The quantitative estimate of drug-likeness (QED) is 0.847. The van der Waals surface area contributed by atoms with Crippen LogP contribution in [0.2, 0.25) is 0 Å². The lowest BCUT2D eigenvalue weighted by Gasteiger charge is -2.21. The molecule has 0 radical (unpaired) electrons. The maximum Gasteiger partial charge on any atom is 0.248 e. The summed E-state index contributed by atoms with van der Waals surface area (Å²) in [6.45, 7) is 1.93. The van der Waals surface area contributed by atoms with Gasteiger partial charge in [0.15, 0.2) is 5.82 Å². The molecule has 1 aromatic heterocycles. The second-order valence-electron chi connectivity index (χ2n) is 5.95. The Bertz CT molecular complexity index is 659. The molecule has 21 heavy (non-hydrogen) atoms. The standard InChI is InChI=1S/C13H20N4O3S/c1-9(18)14-13-12(8-16(2)15-13)21(19,20)17(11-5-6-11)7-10-3-4-10/h8,10-11H,3-7H2,1-2H3,(H,14,15,18). The molecule has 116 valence electrons. The highest BCUT2D eigenvalue weighted by Gasteiger charge is 2.42. The Morgan fingerprint density at radius 3 is 2.62 bits per heavy atom. The predicted octanol–water partition coefficient (Wildman–Crippen LogP) is 0.942. The molecule has 0 bridgehead atoms. The van der Waals surface area contributed by atoms with Gasteiger partial charge in [0.1, 0.15) is 4.90 Å². The second-order valence-corrected chi connectivity index (χ2v) is 7.81. The fourth-order valence-electron chi connectivity index (χ4n) is 2.40. The van der Waals surface area contributed by atoms with E-state index in [9.17, 15) is 13.2 Å². The number of nitrogens with one attached hydrogen (secondary N) is 1. The van der Waals surface area contributed by atoms with Gasteiger partial charge < -0.3 is 5.32 Å². The van der Waals surface area contributed by atoms with Crippen LogP contribution in [0.1, 0.15) is 32.6 Å². The van der Waals surface area contributed by atoms with Gasteiger partial charge in [0.05, 0.1) is 0 Å². The van der Waals surface area contributed by atoms with Crippen LogP contribution in [0, 0.1) is 5.92 Å². The van der Waals surface area contributed by atoms with Gasteiger partial charge in [-0.1, -0.05) is 0 Å². The number of amides is 1. The fraction of sp³-hybridized carbons (Fsp3) is 0.692. The summed E-state index contributed by atoms with van der Waals surface area (Å²) in [6, 6.07) is 0.112. The number of aryl methyl sites for hydroxylation is 1. The molecule has 8 heteroatoms.